The summed E-state index contributed by atoms with van der Waals surface area (Å²) in [7, 11) is 4.72. The van der Waals surface area contributed by atoms with Crippen LogP contribution < -0.4 is 11.1 Å². The Kier molecular flexibility index (Phi) is 9.16. The number of hydrogen-bond donors (Lipinski definition) is 6. The van der Waals surface area contributed by atoms with E-state index in [9.17, 15) is 52.8 Å². The van der Waals surface area contributed by atoms with Gasteiger partial charge in [-0.2, -0.15) is 13.2 Å². The topological polar surface area (TPSA) is 194 Å². The van der Waals surface area contributed by atoms with Gasteiger partial charge in [-0.1, -0.05) is 25.1 Å². The molecule has 5 rings (SSSR count). The molecule has 5 atom stereocenters. The Labute approximate surface area is 279 Å². The first kappa shape index (κ1) is 35.6. The fourth-order valence-electron chi connectivity index (χ4n) is 7.26. The third kappa shape index (κ3) is 5.85. The normalized spacial score (nSPS) is 24.5. The van der Waals surface area contributed by atoms with Gasteiger partial charge in [0.25, 0.3) is 5.91 Å². The van der Waals surface area contributed by atoms with Crippen LogP contribution in [0.4, 0.5) is 18.9 Å². The molecule has 3 aliphatic rings. The third-order valence-corrected chi connectivity index (χ3v) is 9.90. The van der Waals surface area contributed by atoms with Crippen molar-refractivity contribution in [3.63, 3.8) is 0 Å². The Morgan fingerprint density at radius 1 is 1.06 bits per heavy atom. The van der Waals surface area contributed by atoms with E-state index >= 15 is 0 Å². The molecule has 4 unspecified atom stereocenters. The van der Waals surface area contributed by atoms with E-state index in [-0.39, 0.29) is 36.1 Å². The van der Waals surface area contributed by atoms with E-state index in [1.807, 2.05) is 0 Å². The molecule has 2 aromatic carbocycles. The molecule has 0 aliphatic heterocycles. The number of primary amides is 1. The standard InChI is InChI=1S/C34H37F3N4O8/c1-5-41(4)21(12-15-6-9-18(10-7-15)34(35,36)37)32(48)39-20-11-8-16-13-17-14-19-25(40(2)3)28(44)24(31(38)47)30(46)33(19,49)29(45)23(17)27(43)22(16)26(20)42/h6-11,17,19,21,25,42,44-45,49H,5,12-14H2,1-4H3,(H2,38,47)(H,39,48)/t17?,19?,21?,25-,33?/m0/s1. The molecule has 0 saturated heterocycles. The van der Waals surface area contributed by atoms with Crippen molar-refractivity contribution in [3.8, 4) is 5.75 Å². The van der Waals surface area contributed by atoms with Gasteiger partial charge in [-0.25, -0.2) is 0 Å². The number of likely N-dealkylation sites (N-methyl/N-ethyl adjacent to an activating group) is 2. The van der Waals surface area contributed by atoms with Crippen molar-refractivity contribution < 1.29 is 52.8 Å². The Balaban J connectivity index is 1.49. The second-order valence-corrected chi connectivity index (χ2v) is 12.9. The molecule has 0 fully saturated rings. The zero-order valence-corrected chi connectivity index (χ0v) is 27.1. The molecule has 0 aromatic heterocycles. The molecule has 2 aromatic rings. The number of carbonyl (C=O) groups excluding carboxylic acids is 4. The number of anilines is 1. The van der Waals surface area contributed by atoms with E-state index in [4.69, 9.17) is 5.73 Å². The van der Waals surface area contributed by atoms with Crippen LogP contribution in [-0.4, -0.2) is 99.0 Å². The maximum atomic E-state index is 14.0. The summed E-state index contributed by atoms with van der Waals surface area (Å²) in [6, 6.07) is 5.32. The van der Waals surface area contributed by atoms with Crippen molar-refractivity contribution in [3.05, 3.63) is 81.3 Å². The number of amides is 2. The van der Waals surface area contributed by atoms with Gasteiger partial charge in [0.05, 0.1) is 28.9 Å². The highest BCUT2D eigenvalue weighted by atomic mass is 19.4. The third-order valence-electron chi connectivity index (χ3n) is 9.90. The number of nitrogens with zero attached hydrogens (tertiary/aromatic N) is 2. The minimum absolute atomic E-state index is 0.0282. The van der Waals surface area contributed by atoms with Crippen LogP contribution in [0.5, 0.6) is 5.75 Å². The van der Waals surface area contributed by atoms with Gasteiger partial charge in [0.15, 0.2) is 17.1 Å². The first-order valence-electron chi connectivity index (χ1n) is 15.5. The summed E-state index contributed by atoms with van der Waals surface area (Å²) in [6.07, 6.45) is -4.49. The Morgan fingerprint density at radius 2 is 1.69 bits per heavy atom. The Bertz CT molecular complexity index is 1800. The van der Waals surface area contributed by atoms with Gasteiger partial charge in [-0.05, 0) is 82.2 Å². The molecule has 0 radical (unpaired) electrons. The fraction of sp³-hybridized carbons (Fsp3) is 0.412. The van der Waals surface area contributed by atoms with E-state index in [1.54, 1.807) is 18.9 Å². The van der Waals surface area contributed by atoms with Crippen molar-refractivity contribution in [2.45, 2.75) is 50.0 Å². The minimum atomic E-state index is -4.52. The van der Waals surface area contributed by atoms with Crippen LogP contribution in [0.2, 0.25) is 0 Å². The largest absolute Gasteiger partial charge is 0.510 e. The molecule has 12 nitrogen and oxygen atoms in total. The summed E-state index contributed by atoms with van der Waals surface area (Å²) < 4.78 is 39.2. The van der Waals surface area contributed by atoms with Crippen molar-refractivity contribution in [1.82, 2.24) is 9.80 Å². The van der Waals surface area contributed by atoms with Crippen LogP contribution in [0.1, 0.15) is 40.4 Å². The number of carbonyl (C=O) groups is 4. The Hall–Kier alpha value is -4.73. The van der Waals surface area contributed by atoms with Crippen molar-refractivity contribution in [2.24, 2.45) is 17.6 Å². The quantitative estimate of drug-likeness (QED) is 0.178. The van der Waals surface area contributed by atoms with Crippen molar-refractivity contribution >= 4 is 29.1 Å². The summed E-state index contributed by atoms with van der Waals surface area (Å²) in [4.78, 5) is 56.3. The van der Waals surface area contributed by atoms with Gasteiger partial charge in [0.1, 0.15) is 17.1 Å². The predicted octanol–water partition coefficient (Wildman–Crippen LogP) is 2.64. The lowest BCUT2D eigenvalue weighted by Gasteiger charge is -2.50. The number of alkyl halides is 3. The average Bonchev–Trinajstić information content (AvgIpc) is 3.02. The lowest BCUT2D eigenvalue weighted by molar-refractivity contribution is -0.148. The lowest BCUT2D eigenvalue weighted by Crippen LogP contribution is -2.63. The van der Waals surface area contributed by atoms with Crippen LogP contribution in [0.15, 0.2) is 59.1 Å². The lowest BCUT2D eigenvalue weighted by atomic mass is 9.58. The maximum Gasteiger partial charge on any atom is 0.416 e. The highest BCUT2D eigenvalue weighted by Gasteiger charge is 2.63. The summed E-state index contributed by atoms with van der Waals surface area (Å²) in [5.74, 6) is -8.44. The highest BCUT2D eigenvalue weighted by Crippen LogP contribution is 2.52. The number of aromatic hydroxyl groups is 1. The number of ketones is 2. The molecule has 0 heterocycles. The van der Waals surface area contributed by atoms with Crippen LogP contribution in [-0.2, 0) is 33.4 Å². The fourth-order valence-corrected chi connectivity index (χ4v) is 7.26. The summed E-state index contributed by atoms with van der Waals surface area (Å²) >= 11 is 0. The van der Waals surface area contributed by atoms with Crippen LogP contribution in [0, 0.1) is 11.8 Å². The number of aliphatic hydroxyl groups is 3. The molecular weight excluding hydrogens is 649 g/mol. The molecule has 262 valence electrons. The number of fused-ring (bicyclic) bond motifs is 3. The van der Waals surface area contributed by atoms with Crippen molar-refractivity contribution in [1.29, 1.82) is 0 Å². The number of nitrogens with two attached hydrogens (primary N) is 1. The van der Waals surface area contributed by atoms with E-state index in [0.29, 0.717) is 17.7 Å². The molecule has 0 spiro atoms. The molecule has 2 amide bonds. The number of phenolic OH excluding ortho intramolecular Hbond substituents is 1. The smallest absolute Gasteiger partial charge is 0.416 e. The van der Waals surface area contributed by atoms with Crippen LogP contribution in [0.3, 0.4) is 0 Å². The van der Waals surface area contributed by atoms with Gasteiger partial charge >= 0.3 is 6.18 Å². The molecule has 7 N–H and O–H groups in total. The summed E-state index contributed by atoms with van der Waals surface area (Å²) in [5, 5.41) is 48.0. The molecule has 0 saturated carbocycles. The average molecular weight is 687 g/mol. The highest BCUT2D eigenvalue weighted by molar-refractivity contribution is 6.25. The van der Waals surface area contributed by atoms with Crippen molar-refractivity contribution in [2.75, 3.05) is 33.0 Å². The number of nitrogens with one attached hydrogen (secondary N) is 1. The number of benzene rings is 2. The molecule has 3 aliphatic carbocycles. The second-order valence-electron chi connectivity index (χ2n) is 12.9. The van der Waals surface area contributed by atoms with E-state index in [2.05, 4.69) is 5.32 Å². The van der Waals surface area contributed by atoms with Gasteiger partial charge in [0.2, 0.25) is 11.7 Å². The van der Waals surface area contributed by atoms with E-state index < -0.39 is 87.5 Å². The monoisotopic (exact) mass is 686 g/mol. The SMILES string of the molecule is CCN(C)C(Cc1ccc(C(F)(F)F)cc1)C(=O)Nc1ccc2c(c1O)C(=O)C1=C(O)C3(O)C(=O)C(C(N)=O)=C(O)[C@@H](N(C)C)C3CC1C2. The molecule has 0 bridgehead atoms. The summed E-state index contributed by atoms with van der Waals surface area (Å²) in [5.41, 5.74) is 0.873. The Morgan fingerprint density at radius 3 is 2.24 bits per heavy atom. The van der Waals surface area contributed by atoms with Crippen LogP contribution in [0.25, 0.3) is 0 Å². The van der Waals surface area contributed by atoms with Gasteiger partial charge in [0, 0.05) is 11.5 Å². The number of hydrogen-bond acceptors (Lipinski definition) is 10. The van der Waals surface area contributed by atoms with Crippen LogP contribution >= 0.6 is 0 Å². The summed E-state index contributed by atoms with van der Waals surface area (Å²) in [6.45, 7) is 2.17. The zero-order chi connectivity index (χ0) is 36.3. The number of Topliss-reactive ketones (excluding diaryl/α,β-unsaturated/α-hetero) is 2. The molecule has 15 heteroatoms. The number of phenols is 1. The van der Waals surface area contributed by atoms with E-state index in [1.165, 1.54) is 43.3 Å². The van der Waals surface area contributed by atoms with E-state index in [0.717, 1.165) is 12.1 Å². The first-order chi connectivity index (χ1) is 22.8. The zero-order valence-electron chi connectivity index (χ0n) is 27.1. The number of halogens is 3. The first-order valence-corrected chi connectivity index (χ1v) is 15.5. The van der Waals surface area contributed by atoms with Gasteiger partial charge in [-0.3, -0.25) is 29.0 Å². The van der Waals surface area contributed by atoms with Gasteiger partial charge < -0.3 is 31.5 Å². The minimum Gasteiger partial charge on any atom is -0.510 e. The molecular formula is C34H37F3N4O8. The maximum absolute atomic E-state index is 14.0. The second kappa shape index (κ2) is 12.6. The predicted molar refractivity (Wildman–Crippen MR) is 170 cm³/mol. The number of rotatable bonds is 8. The van der Waals surface area contributed by atoms with Gasteiger partial charge in [-0.15, -0.1) is 0 Å². The number of aliphatic hydroxyl groups excluding tert-OH is 2. The number of allylic oxidation sites excluding steroid dienone is 1. The molecule has 49 heavy (non-hydrogen) atoms.